The number of likely N-dealkylation sites (tertiary alicyclic amines) is 1. The Morgan fingerprint density at radius 3 is 2.47 bits per heavy atom. The first kappa shape index (κ1) is 32.2. The summed E-state index contributed by atoms with van der Waals surface area (Å²) >= 11 is 0. The first-order chi connectivity index (χ1) is 22.0. The Kier molecular flexibility index (Phi) is 9.93. The second-order valence-electron chi connectivity index (χ2n) is 12.6. The van der Waals surface area contributed by atoms with Crippen LogP contribution in [0.4, 0.5) is 0 Å². The summed E-state index contributed by atoms with van der Waals surface area (Å²) in [6.07, 6.45) is 9.30. The van der Waals surface area contributed by atoms with Gasteiger partial charge in [0.15, 0.2) is 17.0 Å². The third-order valence-corrected chi connectivity index (χ3v) is 9.96. The third-order valence-electron chi connectivity index (χ3n) is 9.96. The van der Waals surface area contributed by atoms with Gasteiger partial charge in [-0.2, -0.15) is 4.98 Å². The van der Waals surface area contributed by atoms with Crippen molar-refractivity contribution in [1.82, 2.24) is 29.2 Å². The summed E-state index contributed by atoms with van der Waals surface area (Å²) in [4.78, 5) is 26.0. The molecule has 2 atom stereocenters. The van der Waals surface area contributed by atoms with Crippen molar-refractivity contribution >= 4 is 11.2 Å². The molecule has 0 aromatic carbocycles. The maximum atomic E-state index is 13.7. The van der Waals surface area contributed by atoms with E-state index < -0.39 is 5.79 Å². The molecular weight excluding hydrogens is 576 g/mol. The fourth-order valence-electron chi connectivity index (χ4n) is 7.61. The third kappa shape index (κ3) is 5.94. The van der Waals surface area contributed by atoms with Gasteiger partial charge in [0.25, 0.3) is 0 Å². The van der Waals surface area contributed by atoms with Crippen molar-refractivity contribution in [1.29, 1.82) is 0 Å². The average Bonchev–Trinajstić information content (AvgIpc) is 3.86. The molecule has 6 heterocycles. The van der Waals surface area contributed by atoms with E-state index in [1.165, 1.54) is 0 Å². The Hall–Kier alpha value is -2.80. The molecule has 3 aromatic heterocycles. The van der Waals surface area contributed by atoms with E-state index >= 15 is 0 Å². The molecule has 3 aliphatic heterocycles. The Morgan fingerprint density at radius 1 is 0.978 bits per heavy atom. The van der Waals surface area contributed by atoms with E-state index in [0.717, 1.165) is 82.0 Å². The van der Waals surface area contributed by atoms with Crippen molar-refractivity contribution in [2.45, 2.75) is 109 Å². The van der Waals surface area contributed by atoms with E-state index in [9.17, 15) is 4.79 Å². The topological polar surface area (TPSA) is 119 Å². The van der Waals surface area contributed by atoms with E-state index in [2.05, 4.69) is 24.0 Å². The fourth-order valence-corrected chi connectivity index (χ4v) is 7.61. The van der Waals surface area contributed by atoms with Crippen LogP contribution >= 0.6 is 0 Å². The Balaban J connectivity index is 0.00000175. The lowest BCUT2D eigenvalue weighted by Crippen LogP contribution is -2.40. The van der Waals surface area contributed by atoms with Gasteiger partial charge < -0.3 is 28.4 Å². The summed E-state index contributed by atoms with van der Waals surface area (Å²) in [6.45, 7) is 10.1. The van der Waals surface area contributed by atoms with Crippen molar-refractivity contribution in [3.63, 3.8) is 0 Å². The van der Waals surface area contributed by atoms with Gasteiger partial charge in [-0.15, -0.1) is 0 Å². The number of hydrogen-bond donors (Lipinski definition) is 0. The number of rotatable bonds is 8. The molecule has 3 aromatic rings. The summed E-state index contributed by atoms with van der Waals surface area (Å²) in [7, 11) is 3.90. The number of hydrogen-bond acceptors (Lipinski definition) is 10. The highest BCUT2D eigenvalue weighted by Crippen LogP contribution is 2.48. The van der Waals surface area contributed by atoms with E-state index in [0.29, 0.717) is 67.7 Å². The smallest absolute Gasteiger partial charge is 0.330 e. The van der Waals surface area contributed by atoms with Crippen molar-refractivity contribution in [3.8, 4) is 17.5 Å². The van der Waals surface area contributed by atoms with Crippen LogP contribution in [0.25, 0.3) is 22.7 Å². The standard InChI is InChI=1S/C31H44N6O6.C2H6/c1-4-8-22-24(23-10-5-6-13-31(23)41-17-18-42-31)34-43-26(22)27-32-28-25(29(33-27)40-19-21-9-7-14-35(21)2)36(3)30(38)37(28)20-11-15-39-16-12-20;1-2/h20-21,23H,4-19H2,1-3H3;1-2H3/t21-,23+;/m0./s1. The molecule has 1 saturated carbocycles. The first-order valence-corrected chi connectivity index (χ1v) is 17.2. The van der Waals surface area contributed by atoms with Gasteiger partial charge in [-0.25, -0.2) is 9.78 Å². The number of imidazole rings is 1. The number of aromatic nitrogens is 5. The molecule has 0 N–H and O–H groups in total. The zero-order valence-corrected chi connectivity index (χ0v) is 27.7. The Labute approximate surface area is 265 Å². The van der Waals surface area contributed by atoms with Crippen LogP contribution in [0, 0.1) is 0 Å². The SMILES string of the molecule is CC.CCCc1c([C@H]2CCCCC23OCCO3)noc1-c1nc(OC[C@@H]2CCCN2C)c2c(n1)n(C1CCOCC1)c(=O)n2C. The molecule has 1 spiro atoms. The Bertz CT molecular complexity index is 1500. The fraction of sp³-hybridized carbons (Fsp3) is 0.758. The highest BCUT2D eigenvalue weighted by atomic mass is 16.7. The molecule has 12 heteroatoms. The molecule has 4 fully saturated rings. The van der Waals surface area contributed by atoms with E-state index in [4.69, 9.17) is 33.4 Å². The molecule has 248 valence electrons. The average molecular weight is 627 g/mol. The lowest BCUT2D eigenvalue weighted by molar-refractivity contribution is -0.192. The zero-order chi connectivity index (χ0) is 31.6. The van der Waals surface area contributed by atoms with Crippen molar-refractivity contribution < 1.29 is 23.5 Å². The lowest BCUT2D eigenvalue weighted by atomic mass is 9.79. The molecule has 1 aliphatic carbocycles. The van der Waals surface area contributed by atoms with Gasteiger partial charge in [-0.05, 0) is 58.5 Å². The number of ether oxygens (including phenoxy) is 4. The van der Waals surface area contributed by atoms with Crippen LogP contribution in [0.3, 0.4) is 0 Å². The molecule has 0 bridgehead atoms. The number of likely N-dealkylation sites (N-methyl/N-ethyl adjacent to an activating group) is 1. The second kappa shape index (κ2) is 13.9. The maximum Gasteiger partial charge on any atom is 0.330 e. The van der Waals surface area contributed by atoms with E-state index in [-0.39, 0.29) is 17.6 Å². The minimum atomic E-state index is -0.649. The van der Waals surface area contributed by atoms with Crippen molar-refractivity contribution in [2.75, 3.05) is 46.6 Å². The largest absolute Gasteiger partial charge is 0.474 e. The summed E-state index contributed by atoms with van der Waals surface area (Å²) < 4.78 is 34.2. The molecule has 0 unspecified atom stereocenters. The van der Waals surface area contributed by atoms with Gasteiger partial charge in [-0.3, -0.25) is 9.13 Å². The summed E-state index contributed by atoms with van der Waals surface area (Å²) in [6, 6.07) is 0.283. The minimum Gasteiger partial charge on any atom is -0.474 e. The lowest BCUT2D eigenvalue weighted by Gasteiger charge is -2.38. The summed E-state index contributed by atoms with van der Waals surface area (Å²) in [5, 5.41) is 4.66. The van der Waals surface area contributed by atoms with Crippen LogP contribution in [-0.2, 0) is 27.7 Å². The van der Waals surface area contributed by atoms with Gasteiger partial charge in [0.1, 0.15) is 6.61 Å². The molecule has 45 heavy (non-hydrogen) atoms. The van der Waals surface area contributed by atoms with E-state index in [1.54, 1.807) is 11.6 Å². The number of aryl methyl sites for hydroxylation is 1. The second-order valence-corrected chi connectivity index (χ2v) is 12.6. The molecule has 0 amide bonds. The van der Waals surface area contributed by atoms with Gasteiger partial charge in [0.2, 0.25) is 17.5 Å². The summed E-state index contributed by atoms with van der Waals surface area (Å²) in [5.74, 6) is 0.675. The highest BCUT2D eigenvalue weighted by molar-refractivity contribution is 5.80. The van der Waals surface area contributed by atoms with Crippen LogP contribution in [-0.4, -0.2) is 87.6 Å². The maximum absolute atomic E-state index is 13.7. The molecule has 4 aliphatic rings. The highest BCUT2D eigenvalue weighted by Gasteiger charge is 2.49. The van der Waals surface area contributed by atoms with Gasteiger partial charge in [-0.1, -0.05) is 38.8 Å². The Morgan fingerprint density at radius 2 is 1.76 bits per heavy atom. The molecular formula is C33H50N6O6. The van der Waals surface area contributed by atoms with Crippen LogP contribution in [0.15, 0.2) is 9.32 Å². The van der Waals surface area contributed by atoms with Crippen LogP contribution < -0.4 is 10.4 Å². The number of fused-ring (bicyclic) bond motifs is 1. The molecule has 3 saturated heterocycles. The van der Waals surface area contributed by atoms with Gasteiger partial charge in [0, 0.05) is 44.3 Å². The van der Waals surface area contributed by atoms with Crippen molar-refractivity contribution in [2.24, 2.45) is 7.05 Å². The van der Waals surface area contributed by atoms with Crippen LogP contribution in [0.5, 0.6) is 5.88 Å². The van der Waals surface area contributed by atoms with Crippen molar-refractivity contribution in [3.05, 3.63) is 21.7 Å². The van der Waals surface area contributed by atoms with E-state index in [1.807, 2.05) is 18.4 Å². The first-order valence-electron chi connectivity index (χ1n) is 17.2. The normalized spacial score (nSPS) is 23.9. The molecule has 0 radical (unpaired) electrons. The van der Waals surface area contributed by atoms with Gasteiger partial charge >= 0.3 is 5.69 Å². The predicted octanol–water partition coefficient (Wildman–Crippen LogP) is 4.99. The van der Waals surface area contributed by atoms with Gasteiger partial charge in [0.05, 0.1) is 24.8 Å². The minimum absolute atomic E-state index is 0.0133. The summed E-state index contributed by atoms with van der Waals surface area (Å²) in [5.41, 5.74) is 2.92. The monoisotopic (exact) mass is 626 g/mol. The molecule has 12 nitrogen and oxygen atoms in total. The van der Waals surface area contributed by atoms with Crippen LogP contribution in [0.2, 0.25) is 0 Å². The van der Waals surface area contributed by atoms with Crippen LogP contribution in [0.1, 0.15) is 102 Å². The number of nitrogens with zero attached hydrogens (tertiary/aromatic N) is 6. The predicted molar refractivity (Wildman–Crippen MR) is 170 cm³/mol. The molecule has 7 rings (SSSR count). The zero-order valence-electron chi connectivity index (χ0n) is 27.7. The quantitative estimate of drug-likeness (QED) is 0.338.